The maximum Gasteiger partial charge on any atom is 0.227 e. The molecule has 1 amide bonds. The highest BCUT2D eigenvalue weighted by atomic mass is 32.2. The summed E-state index contributed by atoms with van der Waals surface area (Å²) in [5.41, 5.74) is 0.699. The molecule has 1 atom stereocenters. The zero-order valence-corrected chi connectivity index (χ0v) is 11.8. The molecular formula is C13H16N2O3S. The summed E-state index contributed by atoms with van der Waals surface area (Å²) < 4.78 is 5.25. The van der Waals surface area contributed by atoms with Crippen LogP contribution < -0.4 is 9.64 Å². The van der Waals surface area contributed by atoms with Gasteiger partial charge >= 0.3 is 0 Å². The Morgan fingerprint density at radius 2 is 2.42 bits per heavy atom. The van der Waals surface area contributed by atoms with Crippen LogP contribution in [0, 0.1) is 5.92 Å². The van der Waals surface area contributed by atoms with Gasteiger partial charge in [0.1, 0.15) is 11.4 Å². The summed E-state index contributed by atoms with van der Waals surface area (Å²) >= 11 is 1.27. The third-order valence-electron chi connectivity index (χ3n) is 3.00. The van der Waals surface area contributed by atoms with Gasteiger partial charge < -0.3 is 9.64 Å². The molecule has 0 N–H and O–H groups in total. The molecule has 0 aromatic carbocycles. The molecule has 1 aliphatic rings. The van der Waals surface area contributed by atoms with E-state index in [9.17, 15) is 9.59 Å². The summed E-state index contributed by atoms with van der Waals surface area (Å²) in [6, 6.07) is 1.74. The number of anilines is 1. The number of hydrogen-bond acceptors (Lipinski definition) is 5. The van der Waals surface area contributed by atoms with Crippen molar-refractivity contribution < 1.29 is 14.3 Å². The number of ether oxygens (including phenoxy) is 1. The molecule has 1 aliphatic heterocycles. The van der Waals surface area contributed by atoms with Gasteiger partial charge in [0, 0.05) is 37.9 Å². The average Bonchev–Trinajstić information content (AvgIpc) is 2.77. The van der Waals surface area contributed by atoms with E-state index in [-0.39, 0.29) is 16.9 Å². The van der Waals surface area contributed by atoms with Crippen molar-refractivity contribution in [2.45, 2.75) is 13.3 Å². The topological polar surface area (TPSA) is 59.5 Å². The van der Waals surface area contributed by atoms with Crippen molar-refractivity contribution in [3.63, 3.8) is 0 Å². The van der Waals surface area contributed by atoms with Gasteiger partial charge in [-0.2, -0.15) is 0 Å². The Kier molecular flexibility index (Phi) is 4.42. The van der Waals surface area contributed by atoms with Gasteiger partial charge in [0.05, 0.1) is 13.3 Å². The van der Waals surface area contributed by atoms with Crippen molar-refractivity contribution in [3.05, 3.63) is 18.5 Å². The third kappa shape index (κ3) is 3.26. The second kappa shape index (κ2) is 6.06. The van der Waals surface area contributed by atoms with Crippen LogP contribution in [0.3, 0.4) is 0 Å². The Bertz CT molecular complexity index is 493. The summed E-state index contributed by atoms with van der Waals surface area (Å²) in [5, 5.41) is 0.0878. The lowest BCUT2D eigenvalue weighted by molar-refractivity contribution is -0.117. The first-order valence-corrected chi connectivity index (χ1v) is 7.02. The Labute approximate surface area is 116 Å². The van der Waals surface area contributed by atoms with Gasteiger partial charge in [-0.05, 0) is 5.92 Å². The van der Waals surface area contributed by atoms with E-state index in [1.54, 1.807) is 37.4 Å². The van der Waals surface area contributed by atoms with Crippen LogP contribution in [0.5, 0.6) is 5.75 Å². The van der Waals surface area contributed by atoms with Crippen LogP contribution in [0.4, 0.5) is 5.69 Å². The molecule has 0 bridgehead atoms. The van der Waals surface area contributed by atoms with Crippen molar-refractivity contribution in [3.8, 4) is 5.75 Å². The second-order valence-electron chi connectivity index (χ2n) is 4.42. The number of pyridine rings is 1. The molecule has 102 valence electrons. The minimum atomic E-state index is 0.0560. The molecule has 2 rings (SSSR count). The number of methoxy groups -OCH3 is 1. The van der Waals surface area contributed by atoms with Crippen molar-refractivity contribution in [1.29, 1.82) is 0 Å². The number of aromatic nitrogens is 1. The van der Waals surface area contributed by atoms with Gasteiger partial charge in [-0.3, -0.25) is 14.6 Å². The lowest BCUT2D eigenvalue weighted by atomic mass is 10.1. The fourth-order valence-corrected chi connectivity index (χ4v) is 2.80. The zero-order valence-electron chi connectivity index (χ0n) is 11.0. The van der Waals surface area contributed by atoms with Gasteiger partial charge in [0.25, 0.3) is 0 Å². The van der Waals surface area contributed by atoms with E-state index in [1.165, 1.54) is 11.8 Å². The lowest BCUT2D eigenvalue weighted by Gasteiger charge is -2.18. The lowest BCUT2D eigenvalue weighted by Crippen LogP contribution is -2.25. The Morgan fingerprint density at radius 1 is 1.63 bits per heavy atom. The fourth-order valence-electron chi connectivity index (χ4n) is 2.11. The van der Waals surface area contributed by atoms with Crippen LogP contribution in [-0.2, 0) is 9.59 Å². The summed E-state index contributed by atoms with van der Waals surface area (Å²) in [7, 11) is 1.57. The minimum Gasteiger partial charge on any atom is -0.494 e. The SMILES string of the molecule is COc1ccncc1N1CC(CSC(C)=O)CC1=O. The van der Waals surface area contributed by atoms with E-state index in [0.717, 1.165) is 0 Å². The normalized spacial score (nSPS) is 18.7. The highest BCUT2D eigenvalue weighted by Gasteiger charge is 2.32. The van der Waals surface area contributed by atoms with Gasteiger partial charge in [-0.25, -0.2) is 0 Å². The second-order valence-corrected chi connectivity index (χ2v) is 5.62. The number of rotatable bonds is 4. The van der Waals surface area contributed by atoms with Crippen LogP contribution in [0.25, 0.3) is 0 Å². The number of carbonyl (C=O) groups excluding carboxylic acids is 2. The molecule has 1 aromatic heterocycles. The van der Waals surface area contributed by atoms with Gasteiger partial charge in [0.15, 0.2) is 5.12 Å². The molecule has 0 saturated carbocycles. The van der Waals surface area contributed by atoms with Crippen LogP contribution in [0.15, 0.2) is 18.5 Å². The predicted octanol–water partition coefficient (Wildman–Crippen LogP) is 1.72. The monoisotopic (exact) mass is 280 g/mol. The predicted molar refractivity (Wildman–Crippen MR) is 74.4 cm³/mol. The van der Waals surface area contributed by atoms with Crippen LogP contribution >= 0.6 is 11.8 Å². The first-order valence-electron chi connectivity index (χ1n) is 6.03. The molecule has 1 aromatic rings. The molecule has 1 unspecified atom stereocenters. The summed E-state index contributed by atoms with van der Waals surface area (Å²) in [6.45, 7) is 2.16. The van der Waals surface area contributed by atoms with Crippen molar-refractivity contribution >= 4 is 28.5 Å². The smallest absolute Gasteiger partial charge is 0.227 e. The molecule has 0 spiro atoms. The maximum absolute atomic E-state index is 12.0. The third-order valence-corrected chi connectivity index (χ3v) is 4.04. The fraction of sp³-hybridized carbons (Fsp3) is 0.462. The summed E-state index contributed by atoms with van der Waals surface area (Å²) in [6.07, 6.45) is 3.74. The zero-order chi connectivity index (χ0) is 13.8. The summed E-state index contributed by atoms with van der Waals surface area (Å²) in [4.78, 5) is 28.7. The van der Waals surface area contributed by atoms with Crippen molar-refractivity contribution in [2.75, 3.05) is 24.3 Å². The van der Waals surface area contributed by atoms with E-state index < -0.39 is 0 Å². The standard InChI is InChI=1S/C13H16N2O3S/c1-9(16)19-8-10-5-13(17)15(7-10)11-6-14-4-3-12(11)18-2/h3-4,6,10H,5,7-8H2,1-2H3. The average molecular weight is 280 g/mol. The Balaban J connectivity index is 2.09. The van der Waals surface area contributed by atoms with Crippen molar-refractivity contribution in [1.82, 2.24) is 4.98 Å². The number of nitrogens with zero attached hydrogens (tertiary/aromatic N) is 2. The number of hydrogen-bond donors (Lipinski definition) is 0. The number of thioether (sulfide) groups is 1. The molecule has 0 radical (unpaired) electrons. The van der Waals surface area contributed by atoms with E-state index >= 15 is 0 Å². The molecule has 19 heavy (non-hydrogen) atoms. The van der Waals surface area contributed by atoms with E-state index in [4.69, 9.17) is 4.74 Å². The molecule has 6 heteroatoms. The first-order chi connectivity index (χ1) is 9.11. The van der Waals surface area contributed by atoms with Crippen LogP contribution in [0.2, 0.25) is 0 Å². The highest BCUT2D eigenvalue weighted by Crippen LogP contribution is 2.32. The van der Waals surface area contributed by atoms with Crippen LogP contribution in [0.1, 0.15) is 13.3 Å². The molecule has 1 fully saturated rings. The van der Waals surface area contributed by atoms with Gasteiger partial charge in [0.2, 0.25) is 5.91 Å². The first kappa shape index (κ1) is 13.9. The number of amides is 1. The number of carbonyl (C=O) groups is 2. The maximum atomic E-state index is 12.0. The molecule has 1 saturated heterocycles. The van der Waals surface area contributed by atoms with E-state index in [0.29, 0.717) is 30.2 Å². The largest absolute Gasteiger partial charge is 0.494 e. The minimum absolute atomic E-state index is 0.0560. The van der Waals surface area contributed by atoms with E-state index in [1.807, 2.05) is 0 Å². The Morgan fingerprint density at radius 3 is 3.11 bits per heavy atom. The Hall–Kier alpha value is -1.56. The molecule has 2 heterocycles. The van der Waals surface area contributed by atoms with Gasteiger partial charge in [-0.1, -0.05) is 11.8 Å². The van der Waals surface area contributed by atoms with Gasteiger partial charge in [-0.15, -0.1) is 0 Å². The molecule has 0 aliphatic carbocycles. The molecule has 5 nitrogen and oxygen atoms in total. The van der Waals surface area contributed by atoms with E-state index in [2.05, 4.69) is 4.98 Å². The summed E-state index contributed by atoms with van der Waals surface area (Å²) in [5.74, 6) is 1.58. The highest BCUT2D eigenvalue weighted by molar-refractivity contribution is 8.13. The quantitative estimate of drug-likeness (QED) is 0.840. The van der Waals surface area contributed by atoms with Crippen molar-refractivity contribution in [2.24, 2.45) is 5.92 Å². The van der Waals surface area contributed by atoms with Crippen LogP contribution in [-0.4, -0.2) is 35.4 Å². The molecular weight excluding hydrogens is 264 g/mol.